The summed E-state index contributed by atoms with van der Waals surface area (Å²) in [6.07, 6.45) is 0. The van der Waals surface area contributed by atoms with Crippen molar-refractivity contribution in [3.63, 3.8) is 0 Å². The molecule has 0 saturated carbocycles. The zero-order valence-corrected chi connectivity index (χ0v) is 14.8. The van der Waals surface area contributed by atoms with Crippen LogP contribution in [-0.4, -0.2) is 5.11 Å². The van der Waals surface area contributed by atoms with Crippen molar-refractivity contribution >= 4 is 34.2 Å². The number of benzene rings is 3. The number of ether oxygens (including phenoxy) is 1. The topological polar surface area (TPSA) is 59.7 Å². The molecular weight excluding hydrogens is 375 g/mol. The number of phenolic OH excluding ortho intramolecular Hbond substituents is 1. The van der Waals surface area contributed by atoms with E-state index in [9.17, 15) is 9.90 Å². The van der Waals surface area contributed by atoms with Crippen LogP contribution in [0.1, 0.15) is 5.56 Å². The summed E-state index contributed by atoms with van der Waals surface area (Å²) in [6.45, 7) is 0.202. The minimum atomic E-state index is -0.159. The van der Waals surface area contributed by atoms with E-state index >= 15 is 0 Å². The van der Waals surface area contributed by atoms with Gasteiger partial charge in [0, 0.05) is 33.7 Å². The molecule has 4 rings (SSSR count). The molecule has 0 fully saturated rings. The molecule has 1 heterocycles. The Balaban J connectivity index is 1.85. The maximum Gasteiger partial charge on any atom is 0.182 e. The van der Waals surface area contributed by atoms with Crippen molar-refractivity contribution in [2.45, 2.75) is 6.61 Å². The van der Waals surface area contributed by atoms with Gasteiger partial charge in [0.05, 0.1) is 5.02 Å². The van der Waals surface area contributed by atoms with Crippen molar-refractivity contribution in [1.29, 1.82) is 0 Å². The number of hydrogen-bond acceptors (Lipinski definition) is 4. The van der Waals surface area contributed by atoms with E-state index in [1.807, 2.05) is 0 Å². The minimum absolute atomic E-state index is 0.0755. The summed E-state index contributed by atoms with van der Waals surface area (Å²) >= 11 is 12.1. The van der Waals surface area contributed by atoms with Crippen LogP contribution in [-0.2, 0) is 6.61 Å². The van der Waals surface area contributed by atoms with Gasteiger partial charge in [0.25, 0.3) is 0 Å². The molecule has 130 valence electrons. The van der Waals surface area contributed by atoms with Crippen LogP contribution in [0.15, 0.2) is 63.8 Å². The lowest BCUT2D eigenvalue weighted by Gasteiger charge is -2.16. The average Bonchev–Trinajstić information content (AvgIpc) is 2.59. The molecule has 0 atom stereocenters. The van der Waals surface area contributed by atoms with Gasteiger partial charge in [-0.1, -0.05) is 23.2 Å². The molecule has 0 bridgehead atoms. The Kier molecular flexibility index (Phi) is 4.23. The summed E-state index contributed by atoms with van der Waals surface area (Å²) < 4.78 is 11.7. The first-order valence-electron chi connectivity index (χ1n) is 7.77. The minimum Gasteiger partial charge on any atom is -0.508 e. The third kappa shape index (κ3) is 3.09. The van der Waals surface area contributed by atoms with Gasteiger partial charge in [-0.15, -0.1) is 0 Å². The normalized spacial score (nSPS) is 11.2. The Bertz CT molecular complexity index is 1150. The van der Waals surface area contributed by atoms with E-state index in [-0.39, 0.29) is 17.8 Å². The predicted molar refractivity (Wildman–Crippen MR) is 102 cm³/mol. The number of halogens is 2. The second-order valence-corrected chi connectivity index (χ2v) is 6.63. The van der Waals surface area contributed by atoms with Crippen molar-refractivity contribution in [3.05, 3.63) is 80.4 Å². The monoisotopic (exact) mass is 386 g/mol. The first-order valence-corrected chi connectivity index (χ1v) is 8.53. The molecule has 6 heteroatoms. The fourth-order valence-corrected chi connectivity index (χ4v) is 3.31. The van der Waals surface area contributed by atoms with E-state index in [2.05, 4.69) is 0 Å². The zero-order valence-electron chi connectivity index (χ0n) is 13.3. The Morgan fingerprint density at radius 1 is 1.00 bits per heavy atom. The van der Waals surface area contributed by atoms with Crippen LogP contribution in [0.25, 0.3) is 22.3 Å². The molecule has 0 radical (unpaired) electrons. The van der Waals surface area contributed by atoms with Crippen LogP contribution in [0.2, 0.25) is 10.0 Å². The Morgan fingerprint density at radius 3 is 2.65 bits per heavy atom. The molecule has 0 amide bonds. The van der Waals surface area contributed by atoms with Gasteiger partial charge >= 0.3 is 0 Å². The quantitative estimate of drug-likeness (QED) is 0.473. The van der Waals surface area contributed by atoms with Crippen LogP contribution < -0.4 is 10.2 Å². The molecule has 0 unspecified atom stereocenters. The number of phenols is 1. The maximum atomic E-state index is 11.7. The maximum absolute atomic E-state index is 11.7. The lowest BCUT2D eigenvalue weighted by molar-refractivity contribution is 0.307. The standard InChI is InChI=1S/C20H12Cl2O4/c21-11-1-6-18(17(22)7-11)25-10-16-14-4-2-12(23)8-19(14)26-20-9-13(24)3-5-15(16)20/h1-9,23H,10H2. The fraction of sp³-hybridized carbons (Fsp3) is 0.0500. The van der Waals surface area contributed by atoms with Gasteiger partial charge in [-0.2, -0.15) is 0 Å². The van der Waals surface area contributed by atoms with Crippen molar-refractivity contribution in [2.24, 2.45) is 0 Å². The second kappa shape index (κ2) is 6.56. The van der Waals surface area contributed by atoms with Crippen LogP contribution >= 0.6 is 23.2 Å². The van der Waals surface area contributed by atoms with Crippen LogP contribution in [0.4, 0.5) is 0 Å². The van der Waals surface area contributed by atoms with Crippen LogP contribution in [0.3, 0.4) is 0 Å². The zero-order chi connectivity index (χ0) is 18.3. The molecule has 0 saturated heterocycles. The van der Waals surface area contributed by atoms with Gasteiger partial charge in [0.1, 0.15) is 29.4 Å². The van der Waals surface area contributed by atoms with E-state index in [1.54, 1.807) is 36.4 Å². The van der Waals surface area contributed by atoms with Crippen LogP contribution in [0, 0.1) is 0 Å². The molecule has 26 heavy (non-hydrogen) atoms. The van der Waals surface area contributed by atoms with Crippen LogP contribution in [0.5, 0.6) is 11.5 Å². The molecule has 2 aliphatic rings. The summed E-state index contributed by atoms with van der Waals surface area (Å²) in [4.78, 5) is 11.7. The lowest BCUT2D eigenvalue weighted by Crippen LogP contribution is -2.04. The molecule has 2 aromatic rings. The van der Waals surface area contributed by atoms with Gasteiger partial charge in [0.2, 0.25) is 0 Å². The molecular formula is C20H12Cl2O4. The van der Waals surface area contributed by atoms with Gasteiger partial charge in [0.15, 0.2) is 5.43 Å². The molecule has 1 aliphatic heterocycles. The SMILES string of the molecule is O=c1ccc2c(COc3ccc(Cl)cc3Cl)c3ccc(O)cc3oc-2c1. The van der Waals surface area contributed by atoms with E-state index in [4.69, 9.17) is 32.4 Å². The van der Waals surface area contributed by atoms with E-state index in [0.717, 1.165) is 16.5 Å². The largest absolute Gasteiger partial charge is 0.508 e. The first kappa shape index (κ1) is 16.8. The Labute approximate surface area is 158 Å². The number of fused-ring (bicyclic) bond motifs is 2. The summed E-state index contributed by atoms with van der Waals surface area (Å²) in [7, 11) is 0. The first-order chi connectivity index (χ1) is 12.5. The predicted octanol–water partition coefficient (Wildman–Crippen LogP) is 5.49. The molecule has 1 N–H and O–H groups in total. The second-order valence-electron chi connectivity index (χ2n) is 5.78. The highest BCUT2D eigenvalue weighted by molar-refractivity contribution is 6.35. The van der Waals surface area contributed by atoms with Gasteiger partial charge in [-0.05, 0) is 42.5 Å². The highest BCUT2D eigenvalue weighted by Gasteiger charge is 2.17. The highest BCUT2D eigenvalue weighted by Crippen LogP contribution is 2.35. The molecule has 0 aromatic heterocycles. The molecule has 4 nitrogen and oxygen atoms in total. The van der Waals surface area contributed by atoms with Gasteiger partial charge < -0.3 is 14.3 Å². The number of aromatic hydroxyl groups is 1. The number of rotatable bonds is 3. The molecule has 0 spiro atoms. The average molecular weight is 387 g/mol. The summed E-state index contributed by atoms with van der Waals surface area (Å²) in [5.74, 6) is 1.00. The summed E-state index contributed by atoms with van der Waals surface area (Å²) in [5.41, 5.74) is 1.89. The molecule has 2 aromatic carbocycles. The van der Waals surface area contributed by atoms with Crippen molar-refractivity contribution < 1.29 is 14.3 Å². The number of hydrogen-bond donors (Lipinski definition) is 1. The van der Waals surface area contributed by atoms with E-state index < -0.39 is 0 Å². The molecule has 1 aliphatic carbocycles. The summed E-state index contributed by atoms with van der Waals surface area (Å²) in [6, 6.07) is 14.4. The van der Waals surface area contributed by atoms with Crippen molar-refractivity contribution in [2.75, 3.05) is 0 Å². The Morgan fingerprint density at radius 2 is 1.85 bits per heavy atom. The highest BCUT2D eigenvalue weighted by atomic mass is 35.5. The third-order valence-electron chi connectivity index (χ3n) is 4.05. The fourth-order valence-electron chi connectivity index (χ4n) is 2.84. The van der Waals surface area contributed by atoms with E-state index in [1.165, 1.54) is 18.2 Å². The van der Waals surface area contributed by atoms with E-state index in [0.29, 0.717) is 27.1 Å². The van der Waals surface area contributed by atoms with Crippen molar-refractivity contribution in [1.82, 2.24) is 0 Å². The van der Waals surface area contributed by atoms with Gasteiger partial charge in [-0.3, -0.25) is 4.79 Å². The third-order valence-corrected chi connectivity index (χ3v) is 4.58. The lowest BCUT2D eigenvalue weighted by atomic mass is 10.00. The smallest absolute Gasteiger partial charge is 0.182 e. The van der Waals surface area contributed by atoms with Gasteiger partial charge in [-0.25, -0.2) is 0 Å². The Hall–Kier alpha value is -2.69. The summed E-state index contributed by atoms with van der Waals surface area (Å²) in [5, 5.41) is 11.4. The van der Waals surface area contributed by atoms with Crippen molar-refractivity contribution in [3.8, 4) is 22.8 Å².